The van der Waals surface area contributed by atoms with Gasteiger partial charge in [-0.05, 0) is 71.2 Å². The van der Waals surface area contributed by atoms with E-state index in [9.17, 15) is 9.59 Å². The number of rotatable bonds is 6. The van der Waals surface area contributed by atoms with E-state index < -0.39 is 0 Å². The topological polar surface area (TPSA) is 88.9 Å². The van der Waals surface area contributed by atoms with Crippen molar-refractivity contribution in [1.82, 2.24) is 25.4 Å². The Bertz CT molecular complexity index is 1180. The van der Waals surface area contributed by atoms with Crippen LogP contribution in [0.1, 0.15) is 84.1 Å². The zero-order chi connectivity index (χ0) is 23.0. The molecule has 2 amide bonds. The summed E-state index contributed by atoms with van der Waals surface area (Å²) in [6.45, 7) is 11.0. The Morgan fingerprint density at radius 2 is 1.88 bits per heavy atom. The number of nitrogens with zero attached hydrogens (tertiary/aromatic N) is 3. The second-order valence-electron chi connectivity index (χ2n) is 9.48. The van der Waals surface area contributed by atoms with E-state index in [4.69, 9.17) is 10.1 Å². The lowest BCUT2D eigenvalue weighted by Crippen LogP contribution is -2.25. The lowest BCUT2D eigenvalue weighted by atomic mass is 10.1. The normalized spacial score (nSPS) is 13.9. The van der Waals surface area contributed by atoms with Crippen LogP contribution in [-0.4, -0.2) is 33.1 Å². The minimum Gasteiger partial charge on any atom is -0.352 e. The van der Waals surface area contributed by atoms with Gasteiger partial charge in [-0.2, -0.15) is 5.10 Å². The van der Waals surface area contributed by atoms with Crippen molar-refractivity contribution in [3.63, 3.8) is 0 Å². The van der Waals surface area contributed by atoms with Crippen LogP contribution in [0.2, 0.25) is 0 Å². The van der Waals surface area contributed by atoms with Gasteiger partial charge in [0.1, 0.15) is 0 Å². The van der Waals surface area contributed by atoms with Gasteiger partial charge in [-0.3, -0.25) is 9.59 Å². The SMILES string of the molecule is CCNC(=O)c1cccc(CNC(=O)c2cc(C3CC3)nc3c2c(C)nn3C(C)(C)C)c1. The van der Waals surface area contributed by atoms with E-state index in [2.05, 4.69) is 31.4 Å². The lowest BCUT2D eigenvalue weighted by Gasteiger charge is -2.20. The van der Waals surface area contributed by atoms with Crippen LogP contribution in [0.3, 0.4) is 0 Å². The first-order valence-corrected chi connectivity index (χ1v) is 11.2. The molecule has 0 aliphatic heterocycles. The second-order valence-corrected chi connectivity index (χ2v) is 9.48. The van der Waals surface area contributed by atoms with Crippen LogP contribution in [0.25, 0.3) is 11.0 Å². The first-order valence-electron chi connectivity index (χ1n) is 11.2. The maximum Gasteiger partial charge on any atom is 0.252 e. The molecule has 0 unspecified atom stereocenters. The van der Waals surface area contributed by atoms with Crippen molar-refractivity contribution in [2.45, 2.75) is 65.5 Å². The molecule has 1 aromatic carbocycles. The molecule has 0 saturated heterocycles. The zero-order valence-corrected chi connectivity index (χ0v) is 19.5. The average Bonchev–Trinajstić information content (AvgIpc) is 3.54. The summed E-state index contributed by atoms with van der Waals surface area (Å²) in [5.41, 5.74) is 4.36. The third-order valence-corrected chi connectivity index (χ3v) is 5.69. The Morgan fingerprint density at radius 3 is 2.53 bits per heavy atom. The van der Waals surface area contributed by atoms with Crippen molar-refractivity contribution >= 4 is 22.8 Å². The van der Waals surface area contributed by atoms with Crippen LogP contribution in [-0.2, 0) is 12.1 Å². The fourth-order valence-electron chi connectivity index (χ4n) is 3.91. The number of hydrogen-bond acceptors (Lipinski definition) is 4. The fourth-order valence-corrected chi connectivity index (χ4v) is 3.91. The molecule has 168 valence electrons. The summed E-state index contributed by atoms with van der Waals surface area (Å²) in [6.07, 6.45) is 2.21. The van der Waals surface area contributed by atoms with Crippen molar-refractivity contribution in [2.24, 2.45) is 0 Å². The smallest absolute Gasteiger partial charge is 0.252 e. The highest BCUT2D eigenvalue weighted by molar-refractivity contribution is 6.06. The quantitative estimate of drug-likeness (QED) is 0.614. The Kier molecular flexibility index (Phi) is 5.75. The number of fused-ring (bicyclic) bond motifs is 1. The molecule has 0 bridgehead atoms. The van der Waals surface area contributed by atoms with Gasteiger partial charge in [0.15, 0.2) is 5.65 Å². The number of benzene rings is 1. The Labute approximate surface area is 188 Å². The van der Waals surface area contributed by atoms with Crippen LogP contribution in [0.5, 0.6) is 0 Å². The number of pyridine rings is 1. The molecule has 2 heterocycles. The molecule has 1 fully saturated rings. The first-order chi connectivity index (χ1) is 15.2. The molecule has 32 heavy (non-hydrogen) atoms. The Balaban J connectivity index is 1.65. The predicted octanol–water partition coefficient (Wildman–Crippen LogP) is 4.05. The minimum absolute atomic E-state index is 0.115. The number of carbonyl (C=O) groups excluding carboxylic acids is 2. The van der Waals surface area contributed by atoms with Gasteiger partial charge >= 0.3 is 0 Å². The maximum atomic E-state index is 13.3. The molecular weight excluding hydrogens is 402 g/mol. The van der Waals surface area contributed by atoms with Gasteiger partial charge in [-0.25, -0.2) is 9.67 Å². The molecule has 0 radical (unpaired) electrons. The van der Waals surface area contributed by atoms with E-state index in [1.165, 1.54) is 0 Å². The molecule has 0 spiro atoms. The summed E-state index contributed by atoms with van der Waals surface area (Å²) in [6, 6.07) is 9.26. The van der Waals surface area contributed by atoms with Gasteiger partial charge in [0.05, 0.1) is 22.2 Å². The number of nitrogens with one attached hydrogen (secondary N) is 2. The van der Waals surface area contributed by atoms with E-state index in [0.717, 1.165) is 40.8 Å². The first kappa shape index (κ1) is 22.0. The van der Waals surface area contributed by atoms with Gasteiger partial charge in [-0.15, -0.1) is 0 Å². The molecule has 1 aliphatic carbocycles. The monoisotopic (exact) mass is 433 g/mol. The lowest BCUT2D eigenvalue weighted by molar-refractivity contribution is 0.0948. The van der Waals surface area contributed by atoms with E-state index in [1.807, 2.05) is 42.8 Å². The van der Waals surface area contributed by atoms with Crippen molar-refractivity contribution in [1.29, 1.82) is 0 Å². The number of aryl methyl sites for hydroxylation is 1. The Hall–Kier alpha value is -3.22. The van der Waals surface area contributed by atoms with E-state index in [-0.39, 0.29) is 17.4 Å². The molecule has 2 N–H and O–H groups in total. The predicted molar refractivity (Wildman–Crippen MR) is 125 cm³/mol. The van der Waals surface area contributed by atoms with Crippen LogP contribution in [0.15, 0.2) is 30.3 Å². The highest BCUT2D eigenvalue weighted by Crippen LogP contribution is 2.41. The molecule has 4 rings (SSSR count). The number of amides is 2. The van der Waals surface area contributed by atoms with Gasteiger partial charge in [0.25, 0.3) is 11.8 Å². The van der Waals surface area contributed by atoms with Gasteiger partial charge in [-0.1, -0.05) is 12.1 Å². The zero-order valence-electron chi connectivity index (χ0n) is 19.5. The van der Waals surface area contributed by atoms with E-state index in [0.29, 0.717) is 30.1 Å². The third-order valence-electron chi connectivity index (χ3n) is 5.69. The number of carbonyl (C=O) groups is 2. The highest BCUT2D eigenvalue weighted by atomic mass is 16.2. The summed E-state index contributed by atoms with van der Waals surface area (Å²) in [5, 5.41) is 11.4. The Morgan fingerprint density at radius 1 is 1.12 bits per heavy atom. The number of aromatic nitrogens is 3. The summed E-state index contributed by atoms with van der Waals surface area (Å²) in [7, 11) is 0. The van der Waals surface area contributed by atoms with Gasteiger partial charge in [0, 0.05) is 30.3 Å². The van der Waals surface area contributed by atoms with Crippen LogP contribution in [0.4, 0.5) is 0 Å². The minimum atomic E-state index is -0.241. The molecule has 1 aliphatic rings. The van der Waals surface area contributed by atoms with Gasteiger partial charge < -0.3 is 10.6 Å². The van der Waals surface area contributed by atoms with Crippen LogP contribution in [0, 0.1) is 6.92 Å². The van der Waals surface area contributed by atoms with Crippen molar-refractivity contribution < 1.29 is 9.59 Å². The van der Waals surface area contributed by atoms with Gasteiger partial charge in [0.2, 0.25) is 0 Å². The fraction of sp³-hybridized carbons (Fsp3) is 0.440. The second kappa shape index (κ2) is 8.37. The van der Waals surface area contributed by atoms with Crippen molar-refractivity contribution in [2.75, 3.05) is 6.54 Å². The molecule has 0 atom stereocenters. The van der Waals surface area contributed by atoms with E-state index >= 15 is 0 Å². The summed E-state index contributed by atoms with van der Waals surface area (Å²) >= 11 is 0. The molecule has 3 aromatic rings. The largest absolute Gasteiger partial charge is 0.352 e. The van der Waals surface area contributed by atoms with Crippen molar-refractivity contribution in [3.05, 3.63) is 58.4 Å². The number of hydrogen-bond donors (Lipinski definition) is 2. The maximum absolute atomic E-state index is 13.3. The summed E-state index contributed by atoms with van der Waals surface area (Å²) in [4.78, 5) is 30.3. The molecule has 7 heteroatoms. The molecule has 7 nitrogen and oxygen atoms in total. The summed E-state index contributed by atoms with van der Waals surface area (Å²) < 4.78 is 1.93. The van der Waals surface area contributed by atoms with Crippen molar-refractivity contribution in [3.8, 4) is 0 Å². The highest BCUT2D eigenvalue weighted by Gasteiger charge is 2.30. The molecule has 1 saturated carbocycles. The van der Waals surface area contributed by atoms with E-state index in [1.54, 1.807) is 6.07 Å². The average molecular weight is 434 g/mol. The molecule has 2 aromatic heterocycles. The standard InChI is InChI=1S/C25H31N5O2/c1-6-26-23(31)18-9-7-8-16(12-18)14-27-24(32)19-13-20(17-10-11-17)28-22-21(19)15(2)29-30(22)25(3,4)5/h7-9,12-13,17H,6,10-11,14H2,1-5H3,(H,26,31)(H,27,32). The molecular formula is C25H31N5O2. The van der Waals surface area contributed by atoms with Crippen LogP contribution < -0.4 is 10.6 Å². The third kappa shape index (κ3) is 4.38. The van der Waals surface area contributed by atoms with Crippen LogP contribution >= 0.6 is 0 Å². The summed E-state index contributed by atoms with van der Waals surface area (Å²) in [5.74, 6) is 0.151.